The van der Waals surface area contributed by atoms with Gasteiger partial charge in [0.05, 0.1) is 21.3 Å². The Morgan fingerprint density at radius 2 is 1.30 bits per heavy atom. The first-order valence-electron chi connectivity index (χ1n) is 12.3. The van der Waals surface area contributed by atoms with Crippen LogP contribution in [0.5, 0.6) is 17.2 Å². The maximum Gasteiger partial charge on any atom is 0.407 e. The number of hydrogen-bond acceptors (Lipinski definition) is 6. The Balaban J connectivity index is 1.93. The molecule has 0 heterocycles. The topological polar surface area (TPSA) is 86.3 Å². The van der Waals surface area contributed by atoms with Crippen LogP contribution in [0.3, 0.4) is 0 Å². The molecule has 3 aromatic rings. The van der Waals surface area contributed by atoms with E-state index in [9.17, 15) is 9.90 Å². The van der Waals surface area contributed by atoms with Crippen molar-refractivity contribution in [1.82, 2.24) is 5.32 Å². The minimum atomic E-state index is -1.44. The maximum atomic E-state index is 12.3. The second kappa shape index (κ2) is 12.0. The summed E-state index contributed by atoms with van der Waals surface area (Å²) in [6.45, 7) is 5.94. The molecule has 7 heteroatoms. The van der Waals surface area contributed by atoms with Crippen LogP contribution < -0.4 is 19.5 Å². The number of carbonyl (C=O) groups is 1. The summed E-state index contributed by atoms with van der Waals surface area (Å²) in [4.78, 5) is 12.0. The Morgan fingerprint density at radius 1 is 0.784 bits per heavy atom. The number of benzene rings is 3. The van der Waals surface area contributed by atoms with E-state index >= 15 is 0 Å². The molecular formula is C30H37NO6. The van der Waals surface area contributed by atoms with E-state index < -0.39 is 17.3 Å². The summed E-state index contributed by atoms with van der Waals surface area (Å²) in [5, 5.41) is 15.1. The van der Waals surface area contributed by atoms with E-state index in [-0.39, 0.29) is 0 Å². The molecule has 7 nitrogen and oxygen atoms in total. The largest absolute Gasteiger partial charge is 0.497 e. The van der Waals surface area contributed by atoms with Gasteiger partial charge in [0.1, 0.15) is 28.5 Å². The molecule has 0 spiro atoms. The molecule has 3 aromatic carbocycles. The molecule has 0 radical (unpaired) electrons. The maximum absolute atomic E-state index is 12.3. The lowest BCUT2D eigenvalue weighted by atomic mass is 9.79. The van der Waals surface area contributed by atoms with Gasteiger partial charge in [-0.15, -0.1) is 0 Å². The van der Waals surface area contributed by atoms with Crippen LogP contribution in [0.15, 0.2) is 66.7 Å². The standard InChI is InChI=1S/C30H37NO6/c1-29(2,3)37-28(32)31-19-7-8-21-20-24(13-18-27(21)36-6)30(33,22-9-14-25(34-4)15-10-22)23-11-16-26(35-5)17-12-23/h9-18,20,33H,7-8,19H2,1-6H3,(H,31,32). The Kier molecular flexibility index (Phi) is 9.05. The highest BCUT2D eigenvalue weighted by molar-refractivity contribution is 5.67. The number of aryl methyl sites for hydroxylation is 1. The van der Waals surface area contributed by atoms with Gasteiger partial charge in [0.25, 0.3) is 0 Å². The summed E-state index contributed by atoms with van der Waals surface area (Å²) in [5.41, 5.74) is 1.02. The summed E-state index contributed by atoms with van der Waals surface area (Å²) >= 11 is 0. The molecule has 0 aliphatic heterocycles. The van der Waals surface area contributed by atoms with Crippen molar-refractivity contribution in [3.63, 3.8) is 0 Å². The lowest BCUT2D eigenvalue weighted by molar-refractivity contribution is 0.0527. The summed E-state index contributed by atoms with van der Waals surface area (Å²) in [6.07, 6.45) is 0.859. The number of amides is 1. The second-order valence-electron chi connectivity index (χ2n) is 9.73. The van der Waals surface area contributed by atoms with Crippen LogP contribution >= 0.6 is 0 Å². The van der Waals surface area contributed by atoms with Gasteiger partial charge in [0.2, 0.25) is 0 Å². The van der Waals surface area contributed by atoms with Gasteiger partial charge in [0.15, 0.2) is 0 Å². The normalized spacial score (nSPS) is 11.5. The van der Waals surface area contributed by atoms with Gasteiger partial charge in [-0.3, -0.25) is 0 Å². The van der Waals surface area contributed by atoms with Gasteiger partial charge >= 0.3 is 6.09 Å². The van der Waals surface area contributed by atoms with Crippen molar-refractivity contribution in [2.45, 2.75) is 44.8 Å². The average molecular weight is 508 g/mol. The molecule has 2 N–H and O–H groups in total. The molecule has 0 saturated heterocycles. The number of rotatable bonds is 10. The third kappa shape index (κ3) is 6.95. The van der Waals surface area contributed by atoms with Crippen LogP contribution in [0.4, 0.5) is 4.79 Å². The Labute approximate surface area is 219 Å². The van der Waals surface area contributed by atoms with Gasteiger partial charge in [-0.05, 0) is 92.3 Å². The summed E-state index contributed by atoms with van der Waals surface area (Å²) < 4.78 is 21.5. The van der Waals surface area contributed by atoms with Crippen LogP contribution in [0.25, 0.3) is 0 Å². The van der Waals surface area contributed by atoms with Crippen molar-refractivity contribution < 1.29 is 28.8 Å². The fourth-order valence-electron chi connectivity index (χ4n) is 4.15. The first-order valence-corrected chi connectivity index (χ1v) is 12.3. The summed E-state index contributed by atoms with van der Waals surface area (Å²) in [6, 6.07) is 20.5. The summed E-state index contributed by atoms with van der Waals surface area (Å²) in [7, 11) is 4.84. The fraction of sp³-hybridized carbons (Fsp3) is 0.367. The molecule has 3 rings (SSSR count). The van der Waals surface area contributed by atoms with Crippen LogP contribution in [0.2, 0.25) is 0 Å². The minimum Gasteiger partial charge on any atom is -0.497 e. The highest BCUT2D eigenvalue weighted by Crippen LogP contribution is 2.39. The zero-order valence-electron chi connectivity index (χ0n) is 22.5. The molecule has 0 aliphatic rings. The number of methoxy groups -OCH3 is 3. The molecule has 37 heavy (non-hydrogen) atoms. The van der Waals surface area contributed by atoms with Crippen LogP contribution in [-0.4, -0.2) is 44.7 Å². The van der Waals surface area contributed by atoms with E-state index in [2.05, 4.69) is 5.32 Å². The van der Waals surface area contributed by atoms with Crippen molar-refractivity contribution in [3.05, 3.63) is 89.0 Å². The third-order valence-corrected chi connectivity index (χ3v) is 6.00. The van der Waals surface area contributed by atoms with Gasteiger partial charge < -0.3 is 29.4 Å². The predicted octanol–water partition coefficient (Wildman–Crippen LogP) is 5.45. The first kappa shape index (κ1) is 27.9. The number of ether oxygens (including phenoxy) is 4. The number of hydrogen-bond donors (Lipinski definition) is 2. The fourth-order valence-corrected chi connectivity index (χ4v) is 4.15. The number of alkyl carbamates (subject to hydrolysis) is 1. The molecule has 0 aliphatic carbocycles. The van der Waals surface area contributed by atoms with E-state index in [0.717, 1.165) is 5.56 Å². The van der Waals surface area contributed by atoms with Gasteiger partial charge in [0, 0.05) is 6.54 Å². The SMILES string of the molecule is COc1ccc(C(O)(c2ccc(OC)cc2)c2ccc(OC)c(CCCNC(=O)OC(C)(C)C)c2)cc1. The molecule has 0 atom stereocenters. The molecule has 0 bridgehead atoms. The highest BCUT2D eigenvalue weighted by Gasteiger charge is 2.34. The molecule has 0 fully saturated rings. The molecule has 1 amide bonds. The van der Waals surface area contributed by atoms with Crippen LogP contribution in [0.1, 0.15) is 49.4 Å². The average Bonchev–Trinajstić information content (AvgIpc) is 2.89. The van der Waals surface area contributed by atoms with E-state index in [1.807, 2.05) is 87.5 Å². The lowest BCUT2D eigenvalue weighted by Gasteiger charge is -2.31. The monoisotopic (exact) mass is 507 g/mol. The van der Waals surface area contributed by atoms with Crippen molar-refractivity contribution in [2.24, 2.45) is 0 Å². The predicted molar refractivity (Wildman–Crippen MR) is 144 cm³/mol. The third-order valence-electron chi connectivity index (χ3n) is 6.00. The van der Waals surface area contributed by atoms with Crippen molar-refractivity contribution in [3.8, 4) is 17.2 Å². The Morgan fingerprint density at radius 3 is 1.76 bits per heavy atom. The second-order valence-corrected chi connectivity index (χ2v) is 9.73. The first-order chi connectivity index (χ1) is 17.6. The van der Waals surface area contributed by atoms with Crippen LogP contribution in [0, 0.1) is 0 Å². The number of carbonyl (C=O) groups excluding carboxylic acids is 1. The zero-order valence-corrected chi connectivity index (χ0v) is 22.5. The molecular weight excluding hydrogens is 470 g/mol. The van der Waals surface area contributed by atoms with Gasteiger partial charge in [-0.1, -0.05) is 30.3 Å². The lowest BCUT2D eigenvalue weighted by Crippen LogP contribution is -2.33. The molecule has 0 unspecified atom stereocenters. The highest BCUT2D eigenvalue weighted by atomic mass is 16.6. The number of aliphatic hydroxyl groups is 1. The summed E-state index contributed by atoms with van der Waals surface area (Å²) in [5.74, 6) is 2.12. The Hall–Kier alpha value is -3.71. The van der Waals surface area contributed by atoms with E-state index in [1.54, 1.807) is 21.3 Å². The molecule has 0 saturated carbocycles. The quantitative estimate of drug-likeness (QED) is 0.280. The van der Waals surface area contributed by atoms with Crippen LogP contribution in [-0.2, 0) is 16.8 Å². The zero-order chi connectivity index (χ0) is 27.1. The van der Waals surface area contributed by atoms with E-state index in [1.165, 1.54) is 0 Å². The molecule has 0 aromatic heterocycles. The van der Waals surface area contributed by atoms with Crippen molar-refractivity contribution in [1.29, 1.82) is 0 Å². The Bertz CT molecular complexity index is 1120. The van der Waals surface area contributed by atoms with E-state index in [4.69, 9.17) is 18.9 Å². The van der Waals surface area contributed by atoms with Gasteiger partial charge in [-0.2, -0.15) is 0 Å². The van der Waals surface area contributed by atoms with Crippen molar-refractivity contribution >= 4 is 6.09 Å². The minimum absolute atomic E-state index is 0.443. The van der Waals surface area contributed by atoms with Gasteiger partial charge in [-0.25, -0.2) is 4.79 Å². The van der Waals surface area contributed by atoms with Crippen molar-refractivity contribution in [2.75, 3.05) is 27.9 Å². The van der Waals surface area contributed by atoms with E-state index in [0.29, 0.717) is 53.3 Å². The smallest absolute Gasteiger partial charge is 0.407 e. The molecule has 198 valence electrons. The number of nitrogens with one attached hydrogen (secondary N) is 1.